The van der Waals surface area contributed by atoms with Gasteiger partial charge in [0.15, 0.2) is 0 Å². The number of nitrogens with one attached hydrogen (secondary N) is 1. The number of benzene rings is 1. The molecule has 1 aliphatic heterocycles. The lowest BCUT2D eigenvalue weighted by Crippen LogP contribution is -2.54. The standard InChI is InChI=1S/C17H20F3N3O3/c1-11(2)21-14(24)9-22-6-7-23(10-15(22)25)16(26)12-4-3-5-13(8-12)17(18,19)20/h3-5,8,11H,6-7,9-10H2,1-2H3,(H,21,24). The monoisotopic (exact) mass is 371 g/mol. The van der Waals surface area contributed by atoms with Crippen LogP contribution < -0.4 is 5.32 Å². The topological polar surface area (TPSA) is 69.7 Å². The fraction of sp³-hybridized carbons (Fsp3) is 0.471. The fourth-order valence-corrected chi connectivity index (χ4v) is 2.60. The van der Waals surface area contributed by atoms with Crippen molar-refractivity contribution in [1.82, 2.24) is 15.1 Å². The Bertz CT molecular complexity index is 704. The number of carbonyl (C=O) groups excluding carboxylic acids is 3. The van der Waals surface area contributed by atoms with Gasteiger partial charge in [0.25, 0.3) is 5.91 Å². The highest BCUT2D eigenvalue weighted by Gasteiger charge is 2.33. The number of nitrogens with zero attached hydrogens (tertiary/aromatic N) is 2. The van der Waals surface area contributed by atoms with Crippen LogP contribution in [0.2, 0.25) is 0 Å². The Labute approximate surface area is 148 Å². The van der Waals surface area contributed by atoms with Crippen LogP contribution in [-0.2, 0) is 15.8 Å². The number of hydrogen-bond donors (Lipinski definition) is 1. The predicted octanol–water partition coefficient (Wildman–Crippen LogP) is 1.51. The van der Waals surface area contributed by atoms with E-state index in [9.17, 15) is 27.6 Å². The number of amides is 3. The van der Waals surface area contributed by atoms with Crippen LogP contribution in [0.25, 0.3) is 0 Å². The molecule has 0 radical (unpaired) electrons. The molecule has 1 heterocycles. The molecular weight excluding hydrogens is 351 g/mol. The van der Waals surface area contributed by atoms with E-state index >= 15 is 0 Å². The highest BCUT2D eigenvalue weighted by Crippen LogP contribution is 2.29. The average Bonchev–Trinajstić information content (AvgIpc) is 2.54. The number of alkyl halides is 3. The Hall–Kier alpha value is -2.58. The quantitative estimate of drug-likeness (QED) is 0.872. The van der Waals surface area contributed by atoms with Crippen molar-refractivity contribution >= 4 is 17.7 Å². The number of halogens is 3. The van der Waals surface area contributed by atoms with E-state index in [0.717, 1.165) is 18.2 Å². The van der Waals surface area contributed by atoms with Crippen molar-refractivity contribution in [3.8, 4) is 0 Å². The summed E-state index contributed by atoms with van der Waals surface area (Å²) >= 11 is 0. The molecule has 0 atom stereocenters. The van der Waals surface area contributed by atoms with Crippen molar-refractivity contribution in [2.45, 2.75) is 26.1 Å². The van der Waals surface area contributed by atoms with E-state index in [1.54, 1.807) is 13.8 Å². The van der Waals surface area contributed by atoms with Crippen LogP contribution >= 0.6 is 0 Å². The van der Waals surface area contributed by atoms with Gasteiger partial charge in [0.1, 0.15) is 6.54 Å². The highest BCUT2D eigenvalue weighted by atomic mass is 19.4. The minimum atomic E-state index is -4.55. The first-order chi connectivity index (χ1) is 12.1. The first kappa shape index (κ1) is 19.7. The Morgan fingerprint density at radius 1 is 1.23 bits per heavy atom. The Kier molecular flexibility index (Phi) is 5.89. The molecule has 1 N–H and O–H groups in total. The molecule has 1 saturated heterocycles. The highest BCUT2D eigenvalue weighted by molar-refractivity contribution is 5.97. The number of hydrogen-bond acceptors (Lipinski definition) is 3. The summed E-state index contributed by atoms with van der Waals surface area (Å²) in [6.45, 7) is 3.51. The second-order valence-electron chi connectivity index (χ2n) is 6.34. The summed E-state index contributed by atoms with van der Waals surface area (Å²) in [5.74, 6) is -1.36. The largest absolute Gasteiger partial charge is 0.416 e. The van der Waals surface area contributed by atoms with Crippen molar-refractivity contribution in [2.24, 2.45) is 0 Å². The molecule has 0 aromatic heterocycles. The minimum absolute atomic E-state index is 0.0543. The SMILES string of the molecule is CC(C)NC(=O)CN1CCN(C(=O)c2cccc(C(F)(F)F)c2)CC1=O. The molecule has 0 saturated carbocycles. The summed E-state index contributed by atoms with van der Waals surface area (Å²) in [5, 5.41) is 2.67. The number of piperazine rings is 1. The zero-order valence-electron chi connectivity index (χ0n) is 14.5. The van der Waals surface area contributed by atoms with Crippen molar-refractivity contribution in [1.29, 1.82) is 0 Å². The molecule has 0 aliphatic carbocycles. The zero-order valence-corrected chi connectivity index (χ0v) is 14.5. The van der Waals surface area contributed by atoms with Gasteiger partial charge in [0.05, 0.1) is 12.1 Å². The van der Waals surface area contributed by atoms with Crippen molar-refractivity contribution in [2.75, 3.05) is 26.2 Å². The Balaban J connectivity index is 2.01. The molecule has 6 nitrogen and oxygen atoms in total. The van der Waals surface area contributed by atoms with E-state index in [0.29, 0.717) is 0 Å². The van der Waals surface area contributed by atoms with Gasteiger partial charge in [-0.2, -0.15) is 13.2 Å². The van der Waals surface area contributed by atoms with Crippen molar-refractivity contribution < 1.29 is 27.6 Å². The van der Waals surface area contributed by atoms with Gasteiger partial charge in [-0.25, -0.2) is 0 Å². The van der Waals surface area contributed by atoms with E-state index in [-0.39, 0.29) is 43.7 Å². The zero-order chi connectivity index (χ0) is 19.5. The van der Waals surface area contributed by atoms with Gasteiger partial charge in [-0.05, 0) is 32.0 Å². The molecule has 26 heavy (non-hydrogen) atoms. The van der Waals surface area contributed by atoms with Gasteiger partial charge in [0, 0.05) is 24.7 Å². The summed E-state index contributed by atoms with van der Waals surface area (Å²) < 4.78 is 38.3. The molecule has 142 valence electrons. The second kappa shape index (κ2) is 7.76. The molecule has 0 spiro atoms. The van der Waals surface area contributed by atoms with Gasteiger partial charge >= 0.3 is 6.18 Å². The van der Waals surface area contributed by atoms with Crippen molar-refractivity contribution in [3.63, 3.8) is 0 Å². The molecule has 2 rings (SSSR count). The Morgan fingerprint density at radius 3 is 2.50 bits per heavy atom. The average molecular weight is 371 g/mol. The molecule has 0 unspecified atom stereocenters. The van der Waals surface area contributed by atoms with Crippen LogP contribution in [0.15, 0.2) is 24.3 Å². The van der Waals surface area contributed by atoms with Crippen molar-refractivity contribution in [3.05, 3.63) is 35.4 Å². The van der Waals surface area contributed by atoms with Crippen LogP contribution in [0.1, 0.15) is 29.8 Å². The second-order valence-corrected chi connectivity index (χ2v) is 6.34. The summed E-state index contributed by atoms with van der Waals surface area (Å²) in [4.78, 5) is 38.8. The van der Waals surface area contributed by atoms with Gasteiger partial charge in [-0.1, -0.05) is 6.07 Å². The molecule has 1 aromatic carbocycles. The third-order valence-electron chi connectivity index (χ3n) is 3.83. The first-order valence-electron chi connectivity index (χ1n) is 8.11. The van der Waals surface area contributed by atoms with E-state index in [1.165, 1.54) is 15.9 Å². The first-order valence-corrected chi connectivity index (χ1v) is 8.11. The molecule has 3 amide bonds. The van der Waals surface area contributed by atoms with E-state index in [4.69, 9.17) is 0 Å². The lowest BCUT2D eigenvalue weighted by Gasteiger charge is -2.34. The maximum Gasteiger partial charge on any atom is 0.416 e. The van der Waals surface area contributed by atoms with Crippen LogP contribution in [0.5, 0.6) is 0 Å². The van der Waals surface area contributed by atoms with Gasteiger partial charge in [-0.3, -0.25) is 14.4 Å². The van der Waals surface area contributed by atoms with Crippen LogP contribution in [-0.4, -0.2) is 59.7 Å². The van der Waals surface area contributed by atoms with Gasteiger partial charge in [-0.15, -0.1) is 0 Å². The third-order valence-corrected chi connectivity index (χ3v) is 3.83. The normalized spacial score (nSPS) is 15.4. The number of carbonyl (C=O) groups is 3. The summed E-state index contributed by atoms with van der Waals surface area (Å²) in [7, 11) is 0. The maximum absolute atomic E-state index is 12.8. The summed E-state index contributed by atoms with van der Waals surface area (Å²) in [5.41, 5.74) is -1.04. The summed E-state index contributed by atoms with van der Waals surface area (Å²) in [6.07, 6.45) is -4.55. The van der Waals surface area contributed by atoms with Gasteiger partial charge in [0.2, 0.25) is 11.8 Å². The van der Waals surface area contributed by atoms with E-state index in [1.807, 2.05) is 0 Å². The minimum Gasteiger partial charge on any atom is -0.352 e. The number of rotatable bonds is 4. The smallest absolute Gasteiger partial charge is 0.352 e. The lowest BCUT2D eigenvalue weighted by molar-refractivity contribution is -0.139. The Morgan fingerprint density at radius 2 is 1.92 bits per heavy atom. The van der Waals surface area contributed by atoms with Crippen LogP contribution in [0.4, 0.5) is 13.2 Å². The fourth-order valence-electron chi connectivity index (χ4n) is 2.60. The maximum atomic E-state index is 12.8. The van der Waals surface area contributed by atoms with Gasteiger partial charge < -0.3 is 15.1 Å². The molecule has 1 aliphatic rings. The lowest BCUT2D eigenvalue weighted by atomic mass is 10.1. The van der Waals surface area contributed by atoms with E-state index in [2.05, 4.69) is 5.32 Å². The van der Waals surface area contributed by atoms with Crippen LogP contribution in [0.3, 0.4) is 0 Å². The third kappa shape index (κ3) is 4.96. The molecule has 9 heteroatoms. The molecular formula is C17H20F3N3O3. The van der Waals surface area contributed by atoms with Crippen LogP contribution in [0, 0.1) is 0 Å². The van der Waals surface area contributed by atoms with E-state index < -0.39 is 23.6 Å². The molecule has 1 fully saturated rings. The summed E-state index contributed by atoms with van der Waals surface area (Å²) in [6, 6.07) is 4.04. The predicted molar refractivity (Wildman–Crippen MR) is 87.2 cm³/mol. The molecule has 1 aromatic rings. The molecule has 0 bridgehead atoms.